The van der Waals surface area contributed by atoms with Crippen LogP contribution < -0.4 is 5.73 Å². The Morgan fingerprint density at radius 2 is 1.93 bits per heavy atom. The van der Waals surface area contributed by atoms with E-state index in [2.05, 4.69) is 20.2 Å². The quantitative estimate of drug-likeness (QED) is 0.596. The third-order valence-electron chi connectivity index (χ3n) is 1.75. The maximum absolute atomic E-state index is 5.69. The van der Waals surface area contributed by atoms with E-state index < -0.39 is 0 Å². The van der Waals surface area contributed by atoms with Crippen LogP contribution in [-0.2, 0) is 0 Å². The Kier molecular flexibility index (Phi) is 2.64. The fourth-order valence-corrected chi connectivity index (χ4v) is 1.03. The first kappa shape index (κ1) is 9.26. The predicted molar refractivity (Wildman–Crippen MR) is 57.1 cm³/mol. The third-order valence-corrected chi connectivity index (χ3v) is 1.75. The van der Waals surface area contributed by atoms with Crippen LogP contribution in [0, 0.1) is 0 Å². The second-order valence-corrected chi connectivity index (χ2v) is 2.82. The number of rotatable bonds is 2. The topological polar surface area (TPSA) is 76.5 Å². The minimum atomic E-state index is 0.459. The summed E-state index contributed by atoms with van der Waals surface area (Å²) in [6, 6.07) is 7.25. The normalized spacial score (nSPS) is 10.7. The maximum Gasteiger partial charge on any atom is 0.192 e. The van der Waals surface area contributed by atoms with Crippen LogP contribution in [-0.4, -0.2) is 9.97 Å². The maximum atomic E-state index is 5.69. The SMILES string of the molecule is Nc1ccccc1N=Nc1cnccn1. The number of para-hydroxylation sites is 1. The molecule has 15 heavy (non-hydrogen) atoms. The molecular weight excluding hydrogens is 190 g/mol. The summed E-state index contributed by atoms with van der Waals surface area (Å²) >= 11 is 0. The molecule has 1 aromatic heterocycles. The number of hydrogen-bond acceptors (Lipinski definition) is 5. The lowest BCUT2D eigenvalue weighted by molar-refractivity contribution is 1.11. The molecule has 2 N–H and O–H groups in total. The molecule has 0 saturated carbocycles. The lowest BCUT2D eigenvalue weighted by Crippen LogP contribution is -1.83. The first-order valence-electron chi connectivity index (χ1n) is 4.38. The number of nitrogens with zero attached hydrogens (tertiary/aromatic N) is 4. The minimum absolute atomic E-state index is 0.459. The van der Waals surface area contributed by atoms with Crippen molar-refractivity contribution in [3.8, 4) is 0 Å². The Labute approximate surface area is 86.7 Å². The van der Waals surface area contributed by atoms with E-state index in [4.69, 9.17) is 5.73 Å². The van der Waals surface area contributed by atoms with Gasteiger partial charge >= 0.3 is 0 Å². The van der Waals surface area contributed by atoms with Crippen LogP contribution in [0.25, 0.3) is 0 Å². The van der Waals surface area contributed by atoms with Gasteiger partial charge in [0.2, 0.25) is 0 Å². The van der Waals surface area contributed by atoms with Crippen LogP contribution in [0.15, 0.2) is 53.1 Å². The highest BCUT2D eigenvalue weighted by Crippen LogP contribution is 2.22. The first-order chi connectivity index (χ1) is 7.36. The van der Waals surface area contributed by atoms with Crippen LogP contribution in [0.1, 0.15) is 0 Å². The van der Waals surface area contributed by atoms with E-state index in [1.807, 2.05) is 12.1 Å². The predicted octanol–water partition coefficient (Wildman–Crippen LogP) is 2.47. The molecule has 0 radical (unpaired) electrons. The van der Waals surface area contributed by atoms with Gasteiger partial charge in [-0.1, -0.05) is 12.1 Å². The van der Waals surface area contributed by atoms with Crippen molar-refractivity contribution in [2.24, 2.45) is 10.2 Å². The van der Waals surface area contributed by atoms with E-state index in [0.29, 0.717) is 17.2 Å². The van der Waals surface area contributed by atoms with Gasteiger partial charge in [0.15, 0.2) is 5.82 Å². The van der Waals surface area contributed by atoms with Crippen molar-refractivity contribution in [2.45, 2.75) is 0 Å². The Morgan fingerprint density at radius 3 is 2.67 bits per heavy atom. The van der Waals surface area contributed by atoms with Crippen molar-refractivity contribution in [3.63, 3.8) is 0 Å². The summed E-state index contributed by atoms with van der Waals surface area (Å²) in [7, 11) is 0. The van der Waals surface area contributed by atoms with Crippen LogP contribution in [0.3, 0.4) is 0 Å². The first-order valence-corrected chi connectivity index (χ1v) is 4.38. The molecule has 0 bridgehead atoms. The summed E-state index contributed by atoms with van der Waals surface area (Å²) < 4.78 is 0. The molecular formula is C10H9N5. The number of aromatic nitrogens is 2. The number of anilines is 1. The van der Waals surface area contributed by atoms with E-state index in [0.717, 1.165) is 0 Å². The average Bonchev–Trinajstić information content (AvgIpc) is 2.29. The van der Waals surface area contributed by atoms with E-state index in [9.17, 15) is 0 Å². The summed E-state index contributed by atoms with van der Waals surface area (Å²) in [5.41, 5.74) is 6.91. The molecule has 5 nitrogen and oxygen atoms in total. The zero-order chi connectivity index (χ0) is 10.5. The second-order valence-electron chi connectivity index (χ2n) is 2.82. The number of azo groups is 1. The largest absolute Gasteiger partial charge is 0.397 e. The summed E-state index contributed by atoms with van der Waals surface area (Å²) in [5, 5.41) is 7.88. The molecule has 0 amide bonds. The summed E-state index contributed by atoms with van der Waals surface area (Å²) in [4.78, 5) is 7.83. The lowest BCUT2D eigenvalue weighted by atomic mass is 10.3. The Hall–Kier alpha value is -2.30. The molecule has 74 valence electrons. The molecule has 0 unspecified atom stereocenters. The molecule has 0 atom stereocenters. The van der Waals surface area contributed by atoms with E-state index in [-0.39, 0.29) is 0 Å². The van der Waals surface area contributed by atoms with Gasteiger partial charge in [-0.2, -0.15) is 0 Å². The molecule has 0 aliphatic carbocycles. The van der Waals surface area contributed by atoms with Crippen molar-refractivity contribution in [3.05, 3.63) is 42.9 Å². The standard InChI is InChI=1S/C10H9N5/c11-8-3-1-2-4-9(8)14-15-10-7-12-5-6-13-10/h1-7H,11H2. The van der Waals surface area contributed by atoms with Crippen molar-refractivity contribution < 1.29 is 0 Å². The monoisotopic (exact) mass is 199 g/mol. The zero-order valence-corrected chi connectivity index (χ0v) is 7.91. The van der Waals surface area contributed by atoms with E-state index >= 15 is 0 Å². The van der Waals surface area contributed by atoms with Gasteiger partial charge in [-0.25, -0.2) is 4.98 Å². The van der Waals surface area contributed by atoms with Crippen LogP contribution in [0.5, 0.6) is 0 Å². The third kappa shape index (κ3) is 2.34. The highest BCUT2D eigenvalue weighted by atomic mass is 15.2. The number of nitrogen functional groups attached to an aromatic ring is 1. The van der Waals surface area contributed by atoms with Gasteiger partial charge in [-0.3, -0.25) is 4.98 Å². The van der Waals surface area contributed by atoms with Crippen LogP contribution >= 0.6 is 0 Å². The van der Waals surface area contributed by atoms with E-state index in [1.165, 1.54) is 6.20 Å². The van der Waals surface area contributed by atoms with Crippen LogP contribution in [0.4, 0.5) is 17.2 Å². The Balaban J connectivity index is 2.23. The van der Waals surface area contributed by atoms with Gasteiger partial charge in [0.25, 0.3) is 0 Å². The molecule has 1 heterocycles. The molecule has 0 aliphatic rings. The summed E-state index contributed by atoms with van der Waals surface area (Å²) in [5.74, 6) is 0.459. The van der Waals surface area contributed by atoms with E-state index in [1.54, 1.807) is 24.5 Å². The fraction of sp³-hybridized carbons (Fsp3) is 0. The van der Waals surface area contributed by atoms with Gasteiger partial charge in [-0.15, -0.1) is 10.2 Å². The minimum Gasteiger partial charge on any atom is -0.397 e. The second kappa shape index (κ2) is 4.28. The fourth-order valence-electron chi connectivity index (χ4n) is 1.03. The molecule has 1 aromatic carbocycles. The summed E-state index contributed by atoms with van der Waals surface area (Å²) in [6.45, 7) is 0. The molecule has 5 heteroatoms. The Bertz CT molecular complexity index is 466. The van der Waals surface area contributed by atoms with Gasteiger partial charge in [0.1, 0.15) is 5.69 Å². The van der Waals surface area contributed by atoms with Gasteiger partial charge in [-0.05, 0) is 12.1 Å². The zero-order valence-electron chi connectivity index (χ0n) is 7.91. The average molecular weight is 199 g/mol. The van der Waals surface area contributed by atoms with Gasteiger partial charge in [0, 0.05) is 12.4 Å². The lowest BCUT2D eigenvalue weighted by Gasteiger charge is -1.96. The highest BCUT2D eigenvalue weighted by molar-refractivity contribution is 5.61. The number of benzene rings is 1. The highest BCUT2D eigenvalue weighted by Gasteiger charge is 1.94. The molecule has 2 rings (SSSR count). The molecule has 0 aliphatic heterocycles. The van der Waals surface area contributed by atoms with Crippen molar-refractivity contribution in [1.82, 2.24) is 9.97 Å². The van der Waals surface area contributed by atoms with Gasteiger partial charge < -0.3 is 5.73 Å². The van der Waals surface area contributed by atoms with Crippen molar-refractivity contribution >= 4 is 17.2 Å². The number of nitrogens with two attached hydrogens (primary N) is 1. The number of hydrogen-bond donors (Lipinski definition) is 1. The smallest absolute Gasteiger partial charge is 0.192 e. The summed E-state index contributed by atoms with van der Waals surface area (Å²) in [6.07, 6.45) is 4.67. The molecule has 2 aromatic rings. The van der Waals surface area contributed by atoms with Crippen LogP contribution in [0.2, 0.25) is 0 Å². The Morgan fingerprint density at radius 1 is 1.07 bits per heavy atom. The van der Waals surface area contributed by atoms with Crippen molar-refractivity contribution in [2.75, 3.05) is 5.73 Å². The molecule has 0 saturated heterocycles. The van der Waals surface area contributed by atoms with Gasteiger partial charge in [0.05, 0.1) is 11.9 Å². The molecule has 0 fully saturated rings. The molecule has 0 spiro atoms. The van der Waals surface area contributed by atoms with Crippen molar-refractivity contribution in [1.29, 1.82) is 0 Å².